The SMILES string of the molecule is Cc1cccc(C)c1NC(=O)N1CCCC(C(=O)c2ccc3c4c(cccc24)CC3)C1. The average Bonchev–Trinajstić information content (AvgIpc) is 3.21. The number of para-hydroxylation sites is 1. The van der Waals surface area contributed by atoms with Gasteiger partial charge in [0.2, 0.25) is 0 Å². The van der Waals surface area contributed by atoms with Crippen LogP contribution in [-0.4, -0.2) is 29.8 Å². The number of amides is 2. The van der Waals surface area contributed by atoms with Crippen molar-refractivity contribution in [3.63, 3.8) is 0 Å². The maximum Gasteiger partial charge on any atom is 0.321 e. The molecule has 2 amide bonds. The van der Waals surface area contributed by atoms with Crippen molar-refractivity contribution in [3.05, 3.63) is 76.3 Å². The Hall–Kier alpha value is -3.14. The monoisotopic (exact) mass is 412 g/mol. The standard InChI is InChI=1S/C27H28N2O2/c1-17-6-3-7-18(2)25(17)28-27(31)29-15-5-9-21(16-29)26(30)23-14-13-20-12-11-19-8-4-10-22(23)24(19)20/h3-4,6-8,10,13-14,21H,5,9,11-12,15-16H2,1-2H3,(H,28,31). The maximum absolute atomic E-state index is 13.5. The number of hydrogen-bond acceptors (Lipinski definition) is 2. The Balaban J connectivity index is 1.37. The van der Waals surface area contributed by atoms with Crippen LogP contribution >= 0.6 is 0 Å². The highest BCUT2D eigenvalue weighted by Crippen LogP contribution is 2.34. The van der Waals surface area contributed by atoms with E-state index in [0.29, 0.717) is 13.1 Å². The molecule has 1 heterocycles. The molecule has 4 nitrogen and oxygen atoms in total. The molecule has 3 aromatic carbocycles. The van der Waals surface area contributed by atoms with Crippen LogP contribution in [0.2, 0.25) is 0 Å². The van der Waals surface area contributed by atoms with Gasteiger partial charge in [-0.1, -0.05) is 48.5 Å². The first-order valence-electron chi connectivity index (χ1n) is 11.2. The van der Waals surface area contributed by atoms with E-state index in [-0.39, 0.29) is 17.7 Å². The molecule has 31 heavy (non-hydrogen) atoms. The van der Waals surface area contributed by atoms with Gasteiger partial charge >= 0.3 is 6.03 Å². The second-order valence-electron chi connectivity index (χ2n) is 8.96. The van der Waals surface area contributed by atoms with Gasteiger partial charge in [-0.05, 0) is 72.6 Å². The third-order valence-corrected chi connectivity index (χ3v) is 6.93. The predicted octanol–water partition coefficient (Wildman–Crippen LogP) is 5.68. The van der Waals surface area contributed by atoms with E-state index in [9.17, 15) is 9.59 Å². The maximum atomic E-state index is 13.5. The van der Waals surface area contributed by atoms with Gasteiger partial charge in [-0.25, -0.2) is 4.79 Å². The normalized spacial score (nSPS) is 17.7. The van der Waals surface area contributed by atoms with Crippen LogP contribution in [0, 0.1) is 19.8 Å². The summed E-state index contributed by atoms with van der Waals surface area (Å²) >= 11 is 0. The summed E-state index contributed by atoms with van der Waals surface area (Å²) in [6, 6.07) is 16.3. The summed E-state index contributed by atoms with van der Waals surface area (Å²) in [4.78, 5) is 28.3. The van der Waals surface area contributed by atoms with E-state index in [2.05, 4.69) is 29.6 Å². The molecule has 1 saturated heterocycles. The minimum atomic E-state index is -0.157. The molecule has 0 saturated carbocycles. The number of nitrogens with one attached hydrogen (secondary N) is 1. The van der Waals surface area contributed by atoms with E-state index in [0.717, 1.165) is 53.4 Å². The zero-order valence-corrected chi connectivity index (χ0v) is 18.2. The van der Waals surface area contributed by atoms with Crippen molar-refractivity contribution in [2.45, 2.75) is 39.5 Å². The molecule has 0 bridgehead atoms. The number of carbonyl (C=O) groups is 2. The zero-order chi connectivity index (χ0) is 21.5. The molecular weight excluding hydrogens is 384 g/mol. The fourth-order valence-corrected chi connectivity index (χ4v) is 5.25. The number of nitrogens with zero attached hydrogens (tertiary/aromatic N) is 1. The molecule has 1 aliphatic carbocycles. The molecule has 3 aromatic rings. The number of ketones is 1. The summed E-state index contributed by atoms with van der Waals surface area (Å²) in [6.45, 7) is 5.16. The van der Waals surface area contributed by atoms with Crippen LogP contribution < -0.4 is 5.32 Å². The van der Waals surface area contributed by atoms with Crippen molar-refractivity contribution in [3.8, 4) is 0 Å². The topological polar surface area (TPSA) is 49.4 Å². The van der Waals surface area contributed by atoms with E-state index in [1.165, 1.54) is 16.5 Å². The molecule has 5 rings (SSSR count). The first kappa shape index (κ1) is 19.8. The minimum absolute atomic E-state index is 0.115. The van der Waals surface area contributed by atoms with Crippen LogP contribution in [0.25, 0.3) is 10.8 Å². The Morgan fingerprint density at radius 2 is 1.65 bits per heavy atom. The van der Waals surface area contributed by atoms with Crippen LogP contribution in [0.1, 0.15) is 45.5 Å². The van der Waals surface area contributed by atoms with Crippen molar-refractivity contribution >= 4 is 28.3 Å². The molecular formula is C27H28N2O2. The first-order chi connectivity index (χ1) is 15.0. The van der Waals surface area contributed by atoms with Gasteiger partial charge in [0.1, 0.15) is 0 Å². The lowest BCUT2D eigenvalue weighted by molar-refractivity contribution is 0.0853. The number of hydrogen-bond donors (Lipinski definition) is 1. The minimum Gasteiger partial charge on any atom is -0.324 e. The molecule has 158 valence electrons. The summed E-state index contributed by atoms with van der Waals surface area (Å²) in [6.07, 6.45) is 3.78. The fourth-order valence-electron chi connectivity index (χ4n) is 5.25. The summed E-state index contributed by atoms with van der Waals surface area (Å²) in [5.41, 5.74) is 6.47. The van der Waals surface area contributed by atoms with E-state index < -0.39 is 0 Å². The predicted molar refractivity (Wildman–Crippen MR) is 125 cm³/mol. The van der Waals surface area contributed by atoms with Crippen molar-refractivity contribution in [2.24, 2.45) is 5.92 Å². The molecule has 1 atom stereocenters. The zero-order valence-electron chi connectivity index (χ0n) is 18.2. The number of carbonyl (C=O) groups excluding carboxylic acids is 2. The third kappa shape index (κ3) is 3.50. The smallest absolute Gasteiger partial charge is 0.321 e. The number of likely N-dealkylation sites (tertiary alicyclic amines) is 1. The summed E-state index contributed by atoms with van der Waals surface area (Å²) < 4.78 is 0. The van der Waals surface area contributed by atoms with Gasteiger partial charge < -0.3 is 10.2 Å². The lowest BCUT2D eigenvalue weighted by Gasteiger charge is -2.32. The van der Waals surface area contributed by atoms with Gasteiger partial charge in [-0.15, -0.1) is 0 Å². The van der Waals surface area contributed by atoms with Gasteiger partial charge in [0.15, 0.2) is 5.78 Å². The number of piperidine rings is 1. The van der Waals surface area contributed by atoms with Crippen molar-refractivity contribution in [1.82, 2.24) is 4.90 Å². The van der Waals surface area contributed by atoms with Gasteiger partial charge in [-0.3, -0.25) is 4.79 Å². The van der Waals surface area contributed by atoms with Crippen LogP contribution in [0.4, 0.5) is 10.5 Å². The summed E-state index contributed by atoms with van der Waals surface area (Å²) in [5, 5.41) is 5.43. The molecule has 0 radical (unpaired) electrons. The Bertz CT molecular complexity index is 1170. The van der Waals surface area contributed by atoms with Crippen LogP contribution in [-0.2, 0) is 12.8 Å². The molecule has 1 unspecified atom stereocenters. The first-order valence-corrected chi connectivity index (χ1v) is 11.2. The van der Waals surface area contributed by atoms with Crippen LogP contribution in [0.3, 0.4) is 0 Å². The highest BCUT2D eigenvalue weighted by atomic mass is 16.2. The van der Waals surface area contributed by atoms with Crippen molar-refractivity contribution in [1.29, 1.82) is 0 Å². The summed E-state index contributed by atoms with van der Waals surface area (Å²) in [5.74, 6) is 0.0103. The van der Waals surface area contributed by atoms with E-state index in [1.54, 1.807) is 4.90 Å². The number of rotatable bonds is 3. The average molecular weight is 413 g/mol. The quantitative estimate of drug-likeness (QED) is 0.563. The van der Waals surface area contributed by atoms with Crippen LogP contribution in [0.15, 0.2) is 48.5 Å². The largest absolute Gasteiger partial charge is 0.324 e. The Kier molecular flexibility index (Phi) is 5.01. The molecule has 4 heteroatoms. The lowest BCUT2D eigenvalue weighted by Crippen LogP contribution is -2.44. The van der Waals surface area contributed by atoms with Gasteiger partial charge in [0, 0.05) is 30.3 Å². The number of benzene rings is 3. The van der Waals surface area contributed by atoms with Crippen molar-refractivity contribution in [2.75, 3.05) is 18.4 Å². The lowest BCUT2D eigenvalue weighted by atomic mass is 9.87. The fraction of sp³-hybridized carbons (Fsp3) is 0.333. The second-order valence-corrected chi connectivity index (χ2v) is 8.96. The Morgan fingerprint density at radius 1 is 0.935 bits per heavy atom. The highest BCUT2D eigenvalue weighted by molar-refractivity contribution is 6.11. The molecule has 0 aromatic heterocycles. The number of urea groups is 1. The second kappa shape index (κ2) is 7.84. The van der Waals surface area contributed by atoms with E-state index in [1.807, 2.05) is 38.1 Å². The van der Waals surface area contributed by atoms with E-state index in [4.69, 9.17) is 0 Å². The number of aryl methyl sites for hydroxylation is 4. The summed E-state index contributed by atoms with van der Waals surface area (Å²) in [7, 11) is 0. The number of Topliss-reactive ketones (excluding diaryl/α,β-unsaturated/α-hetero) is 1. The number of anilines is 1. The molecule has 1 aliphatic heterocycles. The highest BCUT2D eigenvalue weighted by Gasteiger charge is 2.31. The molecule has 0 spiro atoms. The Labute approximate surface area is 183 Å². The van der Waals surface area contributed by atoms with E-state index >= 15 is 0 Å². The van der Waals surface area contributed by atoms with Gasteiger partial charge in [0.05, 0.1) is 0 Å². The van der Waals surface area contributed by atoms with Crippen molar-refractivity contribution < 1.29 is 9.59 Å². The third-order valence-electron chi connectivity index (χ3n) is 6.93. The molecule has 1 N–H and O–H groups in total. The van der Waals surface area contributed by atoms with Crippen LogP contribution in [0.5, 0.6) is 0 Å². The molecule has 2 aliphatic rings. The van der Waals surface area contributed by atoms with Gasteiger partial charge in [-0.2, -0.15) is 0 Å². The Morgan fingerprint density at radius 3 is 2.42 bits per heavy atom. The van der Waals surface area contributed by atoms with Gasteiger partial charge in [0.25, 0.3) is 0 Å². The molecule has 1 fully saturated rings.